The van der Waals surface area contributed by atoms with Crippen molar-refractivity contribution in [1.29, 1.82) is 0 Å². The zero-order valence-corrected chi connectivity index (χ0v) is 6.52. The van der Waals surface area contributed by atoms with Crippen LogP contribution in [-0.2, 0) is 4.74 Å². The summed E-state index contributed by atoms with van der Waals surface area (Å²) in [5.74, 6) is 0.604. The minimum Gasteiger partial charge on any atom is -0.381 e. The summed E-state index contributed by atoms with van der Waals surface area (Å²) in [5, 5.41) is 3.09. The number of likely N-dealkylation sites (N-methyl/N-ethyl adjacent to an activating group) is 1. The van der Waals surface area contributed by atoms with Crippen molar-refractivity contribution >= 4 is 0 Å². The summed E-state index contributed by atoms with van der Waals surface area (Å²) in [6.45, 7) is 6.69. The normalized spacial score (nSPS) is 25.1. The molecule has 2 nitrogen and oxygen atoms in total. The van der Waals surface area contributed by atoms with Crippen LogP contribution in [0.3, 0.4) is 0 Å². The van der Waals surface area contributed by atoms with Gasteiger partial charge in [-0.2, -0.15) is 0 Å². The van der Waals surface area contributed by atoms with Crippen LogP contribution in [0.5, 0.6) is 0 Å². The Morgan fingerprint density at radius 3 is 3.10 bits per heavy atom. The van der Waals surface area contributed by atoms with E-state index in [0.29, 0.717) is 5.92 Å². The van der Waals surface area contributed by atoms with Crippen LogP contribution in [0.1, 0.15) is 6.42 Å². The van der Waals surface area contributed by atoms with Gasteiger partial charge < -0.3 is 10.1 Å². The fourth-order valence-corrected chi connectivity index (χ4v) is 1.23. The molecule has 1 N–H and O–H groups in total. The van der Waals surface area contributed by atoms with Gasteiger partial charge in [-0.05, 0) is 13.5 Å². The van der Waals surface area contributed by atoms with E-state index >= 15 is 0 Å². The van der Waals surface area contributed by atoms with Crippen molar-refractivity contribution in [2.75, 3.05) is 26.8 Å². The van der Waals surface area contributed by atoms with Crippen molar-refractivity contribution in [3.05, 3.63) is 12.2 Å². The van der Waals surface area contributed by atoms with Crippen LogP contribution < -0.4 is 5.32 Å². The molecule has 1 fully saturated rings. The van der Waals surface area contributed by atoms with Crippen LogP contribution in [0.2, 0.25) is 0 Å². The summed E-state index contributed by atoms with van der Waals surface area (Å²) in [6, 6.07) is 0. The second kappa shape index (κ2) is 3.74. The fourth-order valence-electron chi connectivity index (χ4n) is 1.23. The first-order valence-electron chi connectivity index (χ1n) is 3.74. The van der Waals surface area contributed by atoms with Crippen molar-refractivity contribution in [3.63, 3.8) is 0 Å². The zero-order chi connectivity index (χ0) is 7.40. The molecule has 1 aliphatic rings. The Labute approximate surface area is 62.3 Å². The predicted octanol–water partition coefficient (Wildman–Crippen LogP) is 0.798. The molecule has 1 saturated heterocycles. The van der Waals surface area contributed by atoms with Gasteiger partial charge in [0, 0.05) is 19.1 Å². The van der Waals surface area contributed by atoms with E-state index in [2.05, 4.69) is 11.9 Å². The standard InChI is InChI=1S/C8H15NO/c1-7(5-9-2)8-3-4-10-6-8/h8-9H,1,3-6H2,2H3. The van der Waals surface area contributed by atoms with Gasteiger partial charge in [0.1, 0.15) is 0 Å². The molecule has 2 heteroatoms. The second-order valence-electron chi connectivity index (χ2n) is 2.75. The van der Waals surface area contributed by atoms with Crippen LogP contribution in [0.15, 0.2) is 12.2 Å². The molecule has 58 valence electrons. The first kappa shape index (κ1) is 7.76. The SMILES string of the molecule is C=C(CNC)C1CCOC1. The minimum atomic E-state index is 0.604. The second-order valence-corrected chi connectivity index (χ2v) is 2.75. The number of hydrogen-bond donors (Lipinski definition) is 1. The van der Waals surface area contributed by atoms with Gasteiger partial charge in [-0.1, -0.05) is 12.2 Å². The summed E-state index contributed by atoms with van der Waals surface area (Å²) in [7, 11) is 1.95. The maximum Gasteiger partial charge on any atom is 0.0532 e. The molecule has 1 heterocycles. The fraction of sp³-hybridized carbons (Fsp3) is 0.750. The van der Waals surface area contributed by atoms with Crippen molar-refractivity contribution in [3.8, 4) is 0 Å². The van der Waals surface area contributed by atoms with E-state index < -0.39 is 0 Å². The molecule has 1 unspecified atom stereocenters. The maximum atomic E-state index is 5.24. The molecule has 0 spiro atoms. The van der Waals surface area contributed by atoms with E-state index in [1.54, 1.807) is 0 Å². The highest BCUT2D eigenvalue weighted by molar-refractivity contribution is 5.03. The smallest absolute Gasteiger partial charge is 0.0532 e. The van der Waals surface area contributed by atoms with Gasteiger partial charge in [-0.3, -0.25) is 0 Å². The molecule has 1 aliphatic heterocycles. The lowest BCUT2D eigenvalue weighted by atomic mass is 10.0. The number of nitrogens with one attached hydrogen (secondary N) is 1. The quantitative estimate of drug-likeness (QED) is 0.587. The summed E-state index contributed by atoms with van der Waals surface area (Å²) in [5.41, 5.74) is 1.28. The van der Waals surface area contributed by atoms with Gasteiger partial charge in [-0.25, -0.2) is 0 Å². The highest BCUT2D eigenvalue weighted by atomic mass is 16.5. The van der Waals surface area contributed by atoms with E-state index in [-0.39, 0.29) is 0 Å². The Morgan fingerprint density at radius 1 is 1.80 bits per heavy atom. The highest BCUT2D eigenvalue weighted by Crippen LogP contribution is 2.18. The Balaban J connectivity index is 2.25. The average Bonchev–Trinajstić information content (AvgIpc) is 2.38. The number of ether oxygens (including phenoxy) is 1. The lowest BCUT2D eigenvalue weighted by molar-refractivity contribution is 0.190. The Hall–Kier alpha value is -0.340. The first-order valence-corrected chi connectivity index (χ1v) is 3.74. The molecular weight excluding hydrogens is 126 g/mol. The van der Waals surface area contributed by atoms with Crippen molar-refractivity contribution < 1.29 is 4.74 Å². The van der Waals surface area contributed by atoms with Gasteiger partial charge in [0.2, 0.25) is 0 Å². The number of rotatable bonds is 3. The van der Waals surface area contributed by atoms with Gasteiger partial charge in [-0.15, -0.1) is 0 Å². The molecule has 0 aromatic carbocycles. The van der Waals surface area contributed by atoms with Crippen LogP contribution in [0.4, 0.5) is 0 Å². The Kier molecular flexibility index (Phi) is 2.90. The minimum absolute atomic E-state index is 0.604. The third-order valence-electron chi connectivity index (χ3n) is 1.91. The van der Waals surface area contributed by atoms with Gasteiger partial charge in [0.05, 0.1) is 6.61 Å². The van der Waals surface area contributed by atoms with Crippen molar-refractivity contribution in [2.45, 2.75) is 6.42 Å². The lowest BCUT2D eigenvalue weighted by Gasteiger charge is -2.09. The van der Waals surface area contributed by atoms with Gasteiger partial charge in [0.15, 0.2) is 0 Å². The van der Waals surface area contributed by atoms with Gasteiger partial charge in [0.25, 0.3) is 0 Å². The van der Waals surface area contributed by atoms with E-state index in [0.717, 1.165) is 26.2 Å². The van der Waals surface area contributed by atoms with Crippen LogP contribution in [0.25, 0.3) is 0 Å². The Bertz CT molecular complexity index is 116. The first-order chi connectivity index (χ1) is 4.84. The number of hydrogen-bond acceptors (Lipinski definition) is 2. The molecule has 0 radical (unpaired) electrons. The van der Waals surface area contributed by atoms with E-state index in [1.165, 1.54) is 5.57 Å². The van der Waals surface area contributed by atoms with Crippen LogP contribution >= 0.6 is 0 Å². The average molecular weight is 141 g/mol. The largest absolute Gasteiger partial charge is 0.381 e. The molecule has 0 saturated carbocycles. The molecule has 1 atom stereocenters. The van der Waals surface area contributed by atoms with E-state index in [9.17, 15) is 0 Å². The van der Waals surface area contributed by atoms with Crippen molar-refractivity contribution in [2.24, 2.45) is 5.92 Å². The summed E-state index contributed by atoms with van der Waals surface area (Å²) in [6.07, 6.45) is 1.15. The zero-order valence-electron chi connectivity index (χ0n) is 6.52. The summed E-state index contributed by atoms with van der Waals surface area (Å²) < 4.78 is 5.24. The summed E-state index contributed by atoms with van der Waals surface area (Å²) >= 11 is 0. The molecular formula is C8H15NO. The Morgan fingerprint density at radius 2 is 2.60 bits per heavy atom. The third-order valence-corrected chi connectivity index (χ3v) is 1.91. The predicted molar refractivity (Wildman–Crippen MR) is 42.0 cm³/mol. The molecule has 10 heavy (non-hydrogen) atoms. The van der Waals surface area contributed by atoms with Crippen molar-refractivity contribution in [1.82, 2.24) is 5.32 Å². The third kappa shape index (κ3) is 1.82. The maximum absolute atomic E-state index is 5.24. The molecule has 0 aromatic heterocycles. The van der Waals surface area contributed by atoms with Crippen LogP contribution in [0, 0.1) is 5.92 Å². The lowest BCUT2D eigenvalue weighted by Crippen LogP contribution is -2.16. The monoisotopic (exact) mass is 141 g/mol. The van der Waals surface area contributed by atoms with E-state index in [4.69, 9.17) is 4.74 Å². The molecule has 0 bridgehead atoms. The van der Waals surface area contributed by atoms with Gasteiger partial charge >= 0.3 is 0 Å². The van der Waals surface area contributed by atoms with E-state index in [1.807, 2.05) is 7.05 Å². The highest BCUT2D eigenvalue weighted by Gasteiger charge is 2.17. The van der Waals surface area contributed by atoms with Crippen LogP contribution in [-0.4, -0.2) is 26.8 Å². The molecule has 0 aromatic rings. The molecule has 1 rings (SSSR count). The molecule has 0 aliphatic carbocycles. The molecule has 0 amide bonds. The topological polar surface area (TPSA) is 21.3 Å². The summed E-state index contributed by atoms with van der Waals surface area (Å²) in [4.78, 5) is 0.